The Morgan fingerprint density at radius 2 is 2.08 bits per heavy atom. The zero-order valence-electron chi connectivity index (χ0n) is 14.6. The SMILES string of the molecule is CC1=NO[C@@](C)(C(=O)N2CCCN(c3nc4ccccc4s3)CC2)C1. The number of carbonyl (C=O) groups is 1. The molecule has 4 rings (SSSR count). The minimum Gasteiger partial charge on any atom is -0.379 e. The molecule has 2 aromatic rings. The van der Waals surface area contributed by atoms with Crippen molar-refractivity contribution in [2.24, 2.45) is 5.16 Å². The number of oxime groups is 1. The van der Waals surface area contributed by atoms with Crippen LogP contribution in [0.5, 0.6) is 0 Å². The number of hydrogen-bond acceptors (Lipinski definition) is 6. The third kappa shape index (κ3) is 3.08. The number of aromatic nitrogens is 1. The summed E-state index contributed by atoms with van der Waals surface area (Å²) in [7, 11) is 0. The highest BCUT2D eigenvalue weighted by Gasteiger charge is 2.43. The van der Waals surface area contributed by atoms with Crippen molar-refractivity contribution in [3.63, 3.8) is 0 Å². The Labute approximate surface area is 151 Å². The molecule has 1 atom stereocenters. The van der Waals surface area contributed by atoms with E-state index in [1.807, 2.05) is 36.9 Å². The van der Waals surface area contributed by atoms with E-state index in [-0.39, 0.29) is 5.91 Å². The predicted octanol–water partition coefficient (Wildman–Crippen LogP) is 2.89. The Balaban J connectivity index is 1.46. The minimum atomic E-state index is -0.838. The molecular formula is C18H22N4O2S. The number of rotatable bonds is 2. The maximum atomic E-state index is 12.9. The quantitative estimate of drug-likeness (QED) is 0.828. The minimum absolute atomic E-state index is 0.0410. The van der Waals surface area contributed by atoms with E-state index < -0.39 is 5.60 Å². The highest BCUT2D eigenvalue weighted by atomic mass is 32.1. The number of carbonyl (C=O) groups excluding carboxylic acids is 1. The molecule has 132 valence electrons. The molecule has 7 heteroatoms. The van der Waals surface area contributed by atoms with Crippen LogP contribution in [0.25, 0.3) is 10.2 Å². The molecule has 0 radical (unpaired) electrons. The van der Waals surface area contributed by atoms with Crippen molar-refractivity contribution >= 4 is 38.3 Å². The number of nitrogens with zero attached hydrogens (tertiary/aromatic N) is 4. The molecule has 0 aliphatic carbocycles. The smallest absolute Gasteiger partial charge is 0.269 e. The summed E-state index contributed by atoms with van der Waals surface area (Å²) < 4.78 is 1.20. The fourth-order valence-electron chi connectivity index (χ4n) is 3.49. The average molecular weight is 358 g/mol. The molecule has 1 aromatic heterocycles. The van der Waals surface area contributed by atoms with Gasteiger partial charge in [-0.15, -0.1) is 0 Å². The first kappa shape index (κ1) is 16.3. The summed E-state index contributed by atoms with van der Waals surface area (Å²) in [4.78, 5) is 27.3. The molecule has 25 heavy (non-hydrogen) atoms. The number of amides is 1. The lowest BCUT2D eigenvalue weighted by atomic mass is 9.98. The first-order valence-electron chi connectivity index (χ1n) is 8.67. The van der Waals surface area contributed by atoms with Crippen LogP contribution in [0.2, 0.25) is 0 Å². The van der Waals surface area contributed by atoms with Crippen molar-refractivity contribution in [3.8, 4) is 0 Å². The standard InChI is InChI=1S/C18H22N4O2S/c1-13-12-18(2,24-20-13)16(23)21-8-5-9-22(11-10-21)17-19-14-6-3-4-7-15(14)25-17/h3-4,6-7H,5,8-12H2,1-2H3/t18-/m1/s1. The molecule has 0 N–H and O–H groups in total. The topological polar surface area (TPSA) is 58.0 Å². The Hall–Kier alpha value is -2.15. The Bertz CT molecular complexity index is 800. The van der Waals surface area contributed by atoms with E-state index in [1.165, 1.54) is 4.70 Å². The first-order valence-corrected chi connectivity index (χ1v) is 9.48. The van der Waals surface area contributed by atoms with Gasteiger partial charge in [-0.3, -0.25) is 4.79 Å². The van der Waals surface area contributed by atoms with E-state index in [1.54, 1.807) is 11.3 Å². The van der Waals surface area contributed by atoms with Gasteiger partial charge in [-0.25, -0.2) is 4.98 Å². The summed E-state index contributed by atoms with van der Waals surface area (Å²) >= 11 is 1.72. The molecule has 1 amide bonds. The van der Waals surface area contributed by atoms with Crippen LogP contribution >= 0.6 is 11.3 Å². The van der Waals surface area contributed by atoms with Crippen molar-refractivity contribution in [2.45, 2.75) is 32.3 Å². The van der Waals surface area contributed by atoms with E-state index in [9.17, 15) is 4.79 Å². The van der Waals surface area contributed by atoms with Crippen molar-refractivity contribution in [2.75, 3.05) is 31.1 Å². The molecule has 0 bridgehead atoms. The fraction of sp³-hybridized carbons (Fsp3) is 0.500. The van der Waals surface area contributed by atoms with Gasteiger partial charge in [-0.1, -0.05) is 28.6 Å². The molecular weight excluding hydrogens is 336 g/mol. The second kappa shape index (κ2) is 6.29. The molecule has 2 aliphatic rings. The number of para-hydroxylation sites is 1. The van der Waals surface area contributed by atoms with E-state index in [4.69, 9.17) is 9.82 Å². The van der Waals surface area contributed by atoms with Gasteiger partial charge in [0.1, 0.15) is 0 Å². The zero-order chi connectivity index (χ0) is 17.4. The van der Waals surface area contributed by atoms with Gasteiger partial charge >= 0.3 is 0 Å². The summed E-state index contributed by atoms with van der Waals surface area (Å²) in [5.41, 5.74) is 1.08. The second-order valence-electron chi connectivity index (χ2n) is 6.92. The third-order valence-corrected chi connectivity index (χ3v) is 5.88. The van der Waals surface area contributed by atoms with Gasteiger partial charge in [0.15, 0.2) is 5.13 Å². The number of benzene rings is 1. The number of hydrogen-bond donors (Lipinski definition) is 0. The van der Waals surface area contributed by atoms with Crippen LogP contribution in [0.15, 0.2) is 29.4 Å². The summed E-state index contributed by atoms with van der Waals surface area (Å²) in [6.45, 7) is 6.88. The lowest BCUT2D eigenvalue weighted by Gasteiger charge is -2.29. The zero-order valence-corrected chi connectivity index (χ0v) is 15.4. The maximum absolute atomic E-state index is 12.9. The van der Waals surface area contributed by atoms with Gasteiger partial charge in [0.2, 0.25) is 5.60 Å². The van der Waals surface area contributed by atoms with Gasteiger partial charge in [-0.2, -0.15) is 0 Å². The van der Waals surface area contributed by atoms with Crippen molar-refractivity contribution < 1.29 is 9.63 Å². The van der Waals surface area contributed by atoms with E-state index in [0.717, 1.165) is 42.4 Å². The van der Waals surface area contributed by atoms with Gasteiger partial charge in [0.25, 0.3) is 5.91 Å². The predicted molar refractivity (Wildman–Crippen MR) is 100 cm³/mol. The molecule has 0 saturated carbocycles. The van der Waals surface area contributed by atoms with Crippen LogP contribution in [0.4, 0.5) is 5.13 Å². The Kier molecular flexibility index (Phi) is 4.11. The lowest BCUT2D eigenvalue weighted by Crippen LogP contribution is -2.48. The van der Waals surface area contributed by atoms with Crippen molar-refractivity contribution in [1.29, 1.82) is 0 Å². The van der Waals surface area contributed by atoms with Gasteiger partial charge in [-0.05, 0) is 32.4 Å². The molecule has 1 saturated heterocycles. The largest absolute Gasteiger partial charge is 0.379 e. The Morgan fingerprint density at radius 3 is 2.84 bits per heavy atom. The first-order chi connectivity index (χ1) is 12.0. The van der Waals surface area contributed by atoms with Crippen LogP contribution in [0.3, 0.4) is 0 Å². The lowest BCUT2D eigenvalue weighted by molar-refractivity contribution is -0.153. The molecule has 2 aliphatic heterocycles. The molecule has 0 unspecified atom stereocenters. The molecule has 1 fully saturated rings. The van der Waals surface area contributed by atoms with Crippen LogP contribution in [0, 0.1) is 0 Å². The number of thiazole rings is 1. The van der Waals surface area contributed by atoms with Crippen molar-refractivity contribution in [1.82, 2.24) is 9.88 Å². The summed E-state index contributed by atoms with van der Waals surface area (Å²) in [6, 6.07) is 8.20. The van der Waals surface area contributed by atoms with Gasteiger partial charge in [0.05, 0.1) is 15.9 Å². The molecule has 3 heterocycles. The average Bonchev–Trinajstić information content (AvgIpc) is 3.09. The normalized spacial score (nSPS) is 24.2. The molecule has 0 spiro atoms. The number of fused-ring (bicyclic) bond motifs is 1. The summed E-state index contributed by atoms with van der Waals surface area (Å²) in [5, 5.41) is 5.01. The highest BCUT2D eigenvalue weighted by molar-refractivity contribution is 7.22. The summed E-state index contributed by atoms with van der Waals surface area (Å²) in [5.74, 6) is 0.0410. The van der Waals surface area contributed by atoms with Gasteiger partial charge < -0.3 is 14.6 Å². The van der Waals surface area contributed by atoms with Gasteiger partial charge in [0, 0.05) is 32.6 Å². The second-order valence-corrected chi connectivity index (χ2v) is 7.93. The fourth-order valence-corrected chi connectivity index (χ4v) is 4.50. The summed E-state index contributed by atoms with van der Waals surface area (Å²) in [6.07, 6.45) is 1.50. The molecule has 1 aromatic carbocycles. The van der Waals surface area contributed by atoms with Crippen molar-refractivity contribution in [3.05, 3.63) is 24.3 Å². The number of anilines is 1. The van der Waals surface area contributed by atoms with Crippen LogP contribution in [-0.4, -0.2) is 53.3 Å². The van der Waals surface area contributed by atoms with E-state index in [0.29, 0.717) is 13.0 Å². The van der Waals surface area contributed by atoms with Crippen LogP contribution < -0.4 is 4.90 Å². The molecule has 6 nitrogen and oxygen atoms in total. The van der Waals surface area contributed by atoms with E-state index in [2.05, 4.69) is 16.1 Å². The maximum Gasteiger partial charge on any atom is 0.269 e. The van der Waals surface area contributed by atoms with E-state index >= 15 is 0 Å². The highest BCUT2D eigenvalue weighted by Crippen LogP contribution is 2.30. The Morgan fingerprint density at radius 1 is 1.24 bits per heavy atom. The van der Waals surface area contributed by atoms with Crippen LogP contribution in [0.1, 0.15) is 26.7 Å². The monoisotopic (exact) mass is 358 g/mol. The third-order valence-electron chi connectivity index (χ3n) is 4.78. The van der Waals surface area contributed by atoms with Crippen LogP contribution in [-0.2, 0) is 9.63 Å².